The van der Waals surface area contributed by atoms with Gasteiger partial charge in [0.25, 0.3) is 0 Å². The largest absolute Gasteiger partial charge is 0.501 e. The molecule has 0 N–H and O–H groups in total. The predicted molar refractivity (Wildman–Crippen MR) is 107 cm³/mol. The molecule has 1 fully saturated rings. The lowest BCUT2D eigenvalue weighted by molar-refractivity contribution is 0.138. The van der Waals surface area contributed by atoms with Crippen LogP contribution in [-0.2, 0) is 9.47 Å². The quantitative estimate of drug-likeness (QED) is 0.746. The highest BCUT2D eigenvalue weighted by atomic mass is 16.6. The Bertz CT molecular complexity index is 878. The van der Waals surface area contributed by atoms with E-state index in [1.54, 1.807) is 14.2 Å². The van der Waals surface area contributed by atoms with E-state index in [-0.39, 0.29) is 6.10 Å². The van der Waals surface area contributed by atoms with E-state index in [1.165, 1.54) is 0 Å². The smallest absolute Gasteiger partial charge is 0.162 e. The zero-order valence-electron chi connectivity index (χ0n) is 16.4. The normalized spacial score (nSPS) is 19.6. The summed E-state index contributed by atoms with van der Waals surface area (Å²) in [4.78, 5) is 0. The van der Waals surface area contributed by atoms with Gasteiger partial charge in [0.05, 0.1) is 45.1 Å². The lowest BCUT2D eigenvalue weighted by Crippen LogP contribution is -2.16. The molecule has 2 heterocycles. The average Bonchev–Trinajstić information content (AvgIpc) is 3.36. The minimum absolute atomic E-state index is 0.0660. The fourth-order valence-corrected chi connectivity index (χ4v) is 3.61. The molecule has 0 radical (unpaired) electrons. The zero-order valence-corrected chi connectivity index (χ0v) is 16.4. The molecule has 6 nitrogen and oxygen atoms in total. The van der Waals surface area contributed by atoms with Gasteiger partial charge in [0.1, 0.15) is 6.10 Å². The molecule has 1 aromatic carbocycles. The van der Waals surface area contributed by atoms with Crippen molar-refractivity contribution in [3.05, 3.63) is 48.4 Å². The Morgan fingerprint density at radius 3 is 2.79 bits per heavy atom. The van der Waals surface area contributed by atoms with Crippen molar-refractivity contribution < 1.29 is 18.9 Å². The molecule has 1 saturated heterocycles. The Morgan fingerprint density at radius 2 is 2.00 bits per heavy atom. The Hall–Kier alpha value is -2.73. The summed E-state index contributed by atoms with van der Waals surface area (Å²) < 4.78 is 24.5. The van der Waals surface area contributed by atoms with Crippen molar-refractivity contribution in [1.82, 2.24) is 9.78 Å². The van der Waals surface area contributed by atoms with Gasteiger partial charge in [-0.25, -0.2) is 4.68 Å². The van der Waals surface area contributed by atoms with Gasteiger partial charge in [0, 0.05) is 24.1 Å². The first-order valence-electron chi connectivity index (χ1n) is 9.69. The number of allylic oxidation sites excluding steroid dienone is 4. The van der Waals surface area contributed by atoms with E-state index in [9.17, 15) is 0 Å². The number of benzene rings is 1. The second-order valence-corrected chi connectivity index (χ2v) is 6.95. The van der Waals surface area contributed by atoms with E-state index in [4.69, 9.17) is 18.9 Å². The molecule has 1 atom stereocenters. The number of methoxy groups -OCH3 is 2. The molecule has 148 valence electrons. The summed E-state index contributed by atoms with van der Waals surface area (Å²) in [5.74, 6) is 2.46. The monoisotopic (exact) mass is 382 g/mol. The SMILES string of the molecule is COC1=CC=C(n2nccc2-c2ccc(OC)c(OC3CCOC3)c2)CCC1. The third-order valence-corrected chi connectivity index (χ3v) is 5.14. The lowest BCUT2D eigenvalue weighted by Gasteiger charge is -2.17. The first-order valence-corrected chi connectivity index (χ1v) is 9.69. The summed E-state index contributed by atoms with van der Waals surface area (Å²) >= 11 is 0. The minimum Gasteiger partial charge on any atom is -0.501 e. The van der Waals surface area contributed by atoms with Crippen molar-refractivity contribution in [3.8, 4) is 22.8 Å². The fourth-order valence-electron chi connectivity index (χ4n) is 3.61. The van der Waals surface area contributed by atoms with Crippen molar-refractivity contribution in [2.45, 2.75) is 31.8 Å². The first-order chi connectivity index (χ1) is 13.8. The summed E-state index contributed by atoms with van der Waals surface area (Å²) in [6.07, 6.45) is 9.84. The molecular formula is C22H26N2O4. The van der Waals surface area contributed by atoms with E-state index in [2.05, 4.69) is 11.2 Å². The van der Waals surface area contributed by atoms with E-state index < -0.39 is 0 Å². The van der Waals surface area contributed by atoms with Gasteiger partial charge >= 0.3 is 0 Å². The Balaban J connectivity index is 1.66. The van der Waals surface area contributed by atoms with Crippen molar-refractivity contribution in [3.63, 3.8) is 0 Å². The Kier molecular flexibility index (Phi) is 5.67. The van der Waals surface area contributed by atoms with Crippen LogP contribution in [0.3, 0.4) is 0 Å². The van der Waals surface area contributed by atoms with E-state index in [0.717, 1.165) is 66.5 Å². The third kappa shape index (κ3) is 3.92. The molecular weight excluding hydrogens is 356 g/mol. The van der Waals surface area contributed by atoms with Crippen molar-refractivity contribution >= 4 is 5.70 Å². The summed E-state index contributed by atoms with van der Waals surface area (Å²) in [5, 5.41) is 4.57. The summed E-state index contributed by atoms with van der Waals surface area (Å²) in [6.45, 7) is 1.36. The predicted octanol–water partition coefficient (Wildman–Crippen LogP) is 4.28. The molecule has 1 aliphatic heterocycles. The fraction of sp³-hybridized carbons (Fsp3) is 0.409. The third-order valence-electron chi connectivity index (χ3n) is 5.14. The lowest BCUT2D eigenvalue weighted by atomic mass is 10.1. The minimum atomic E-state index is 0.0660. The van der Waals surface area contributed by atoms with Gasteiger partial charge in [-0.1, -0.05) is 0 Å². The van der Waals surface area contributed by atoms with Crippen molar-refractivity contribution in [2.24, 2.45) is 0 Å². The topological polar surface area (TPSA) is 54.7 Å². The van der Waals surface area contributed by atoms with Gasteiger partial charge in [-0.2, -0.15) is 5.10 Å². The number of hydrogen-bond donors (Lipinski definition) is 0. The van der Waals surface area contributed by atoms with E-state index in [0.29, 0.717) is 6.61 Å². The number of ether oxygens (including phenoxy) is 4. The molecule has 1 aliphatic carbocycles. The molecule has 28 heavy (non-hydrogen) atoms. The molecule has 2 aliphatic rings. The Morgan fingerprint density at radius 1 is 1.07 bits per heavy atom. The van der Waals surface area contributed by atoms with Crippen LogP contribution in [0.2, 0.25) is 0 Å². The van der Waals surface area contributed by atoms with Crippen molar-refractivity contribution in [1.29, 1.82) is 0 Å². The first kappa shape index (κ1) is 18.6. The maximum atomic E-state index is 6.15. The van der Waals surface area contributed by atoms with Crippen LogP contribution >= 0.6 is 0 Å². The average molecular weight is 382 g/mol. The van der Waals surface area contributed by atoms with Crippen LogP contribution in [0, 0.1) is 0 Å². The molecule has 2 aromatic rings. The van der Waals surface area contributed by atoms with E-state index >= 15 is 0 Å². The van der Waals surface area contributed by atoms with Gasteiger partial charge in [-0.05, 0) is 49.3 Å². The Labute approximate surface area is 165 Å². The van der Waals surface area contributed by atoms with Crippen LogP contribution in [0.25, 0.3) is 17.0 Å². The van der Waals surface area contributed by atoms with Crippen LogP contribution < -0.4 is 9.47 Å². The molecule has 6 heteroatoms. The van der Waals surface area contributed by atoms with Gasteiger partial charge in [0.15, 0.2) is 11.5 Å². The maximum absolute atomic E-state index is 6.15. The summed E-state index contributed by atoms with van der Waals surface area (Å²) in [6, 6.07) is 8.04. The number of aromatic nitrogens is 2. The van der Waals surface area contributed by atoms with Gasteiger partial charge in [0.2, 0.25) is 0 Å². The second kappa shape index (κ2) is 8.52. The molecule has 0 bridgehead atoms. The zero-order chi connectivity index (χ0) is 19.3. The highest BCUT2D eigenvalue weighted by Crippen LogP contribution is 2.35. The van der Waals surface area contributed by atoms with Crippen LogP contribution in [0.4, 0.5) is 0 Å². The van der Waals surface area contributed by atoms with Crippen molar-refractivity contribution in [2.75, 3.05) is 27.4 Å². The van der Waals surface area contributed by atoms with Gasteiger partial charge < -0.3 is 18.9 Å². The van der Waals surface area contributed by atoms with Gasteiger partial charge in [-0.15, -0.1) is 0 Å². The molecule has 0 saturated carbocycles. The van der Waals surface area contributed by atoms with Gasteiger partial charge in [-0.3, -0.25) is 0 Å². The highest BCUT2D eigenvalue weighted by molar-refractivity contribution is 5.68. The number of nitrogens with zero attached hydrogens (tertiary/aromatic N) is 2. The van der Waals surface area contributed by atoms with Crippen LogP contribution in [0.15, 0.2) is 48.4 Å². The van der Waals surface area contributed by atoms with E-state index in [1.807, 2.05) is 41.2 Å². The molecule has 1 unspecified atom stereocenters. The molecule has 0 spiro atoms. The summed E-state index contributed by atoms with van der Waals surface area (Å²) in [7, 11) is 3.38. The maximum Gasteiger partial charge on any atom is 0.162 e. The number of hydrogen-bond acceptors (Lipinski definition) is 5. The standard InChI is InChI=1S/C22H26N2O4/c1-25-18-5-3-4-17(7-8-18)24-20(10-12-23-24)16-6-9-21(26-2)22(14-16)28-19-11-13-27-15-19/h6-10,12,14,19H,3-5,11,13,15H2,1-2H3. The molecule has 1 aromatic heterocycles. The number of rotatable bonds is 6. The van der Waals surface area contributed by atoms with Crippen LogP contribution in [-0.4, -0.2) is 43.3 Å². The molecule has 0 amide bonds. The molecule has 4 rings (SSSR count). The highest BCUT2D eigenvalue weighted by Gasteiger charge is 2.20. The van der Waals surface area contributed by atoms with Crippen LogP contribution in [0.5, 0.6) is 11.5 Å². The van der Waals surface area contributed by atoms with Crippen LogP contribution in [0.1, 0.15) is 25.7 Å². The second-order valence-electron chi connectivity index (χ2n) is 6.95. The summed E-state index contributed by atoms with van der Waals surface area (Å²) in [5.41, 5.74) is 3.21.